The second-order valence-electron chi connectivity index (χ2n) is 4.30. The lowest BCUT2D eigenvalue weighted by atomic mass is 10.0. The fourth-order valence-corrected chi connectivity index (χ4v) is 2.74. The lowest BCUT2D eigenvalue weighted by Crippen LogP contribution is -1.98. The standard InChI is InChI=1S/C15H13Cl3/c1-10-4-2-3-5-11(10)8-15(18)12-6-13(16)9-14(17)7-12/h2-7,9,15H,8H2,1H3. The van der Waals surface area contributed by atoms with Crippen LogP contribution in [0.1, 0.15) is 22.1 Å². The van der Waals surface area contributed by atoms with Gasteiger partial charge in [0.1, 0.15) is 0 Å². The Morgan fingerprint density at radius 2 is 1.61 bits per heavy atom. The predicted octanol–water partition coefficient (Wildman–Crippen LogP) is 5.82. The minimum absolute atomic E-state index is 0.123. The van der Waals surface area contributed by atoms with E-state index in [1.165, 1.54) is 11.1 Å². The molecule has 1 unspecified atom stereocenters. The van der Waals surface area contributed by atoms with Crippen LogP contribution in [0, 0.1) is 6.92 Å². The van der Waals surface area contributed by atoms with Gasteiger partial charge in [-0.25, -0.2) is 0 Å². The Bertz CT molecular complexity index is 529. The van der Waals surface area contributed by atoms with Crippen LogP contribution in [0.3, 0.4) is 0 Å². The van der Waals surface area contributed by atoms with E-state index in [0.717, 1.165) is 12.0 Å². The van der Waals surface area contributed by atoms with Crippen LogP contribution in [-0.2, 0) is 6.42 Å². The van der Waals surface area contributed by atoms with Crippen molar-refractivity contribution in [2.24, 2.45) is 0 Å². The molecule has 2 aromatic rings. The highest BCUT2D eigenvalue weighted by Gasteiger charge is 2.11. The summed E-state index contributed by atoms with van der Waals surface area (Å²) in [4.78, 5) is 0. The van der Waals surface area contributed by atoms with Crippen LogP contribution in [0.25, 0.3) is 0 Å². The maximum absolute atomic E-state index is 6.44. The number of hydrogen-bond donors (Lipinski definition) is 0. The van der Waals surface area contributed by atoms with E-state index < -0.39 is 0 Å². The second-order valence-corrected chi connectivity index (χ2v) is 5.70. The fourth-order valence-electron chi connectivity index (χ4n) is 1.91. The third-order valence-corrected chi connectivity index (χ3v) is 3.75. The molecule has 1 atom stereocenters. The van der Waals surface area contributed by atoms with Crippen LogP contribution in [0.5, 0.6) is 0 Å². The summed E-state index contributed by atoms with van der Waals surface area (Å²) in [6.07, 6.45) is 0.769. The Labute approximate surface area is 122 Å². The van der Waals surface area contributed by atoms with Crippen molar-refractivity contribution in [1.29, 1.82) is 0 Å². The van der Waals surface area contributed by atoms with Gasteiger partial charge in [0.2, 0.25) is 0 Å². The molecule has 3 heteroatoms. The highest BCUT2D eigenvalue weighted by molar-refractivity contribution is 6.35. The van der Waals surface area contributed by atoms with Crippen molar-refractivity contribution in [2.75, 3.05) is 0 Å². The van der Waals surface area contributed by atoms with Crippen molar-refractivity contribution in [3.8, 4) is 0 Å². The molecule has 0 radical (unpaired) electrons. The first kappa shape index (κ1) is 13.7. The number of rotatable bonds is 3. The Balaban J connectivity index is 2.22. The molecule has 0 bridgehead atoms. The quantitative estimate of drug-likeness (QED) is 0.626. The van der Waals surface area contributed by atoms with E-state index in [9.17, 15) is 0 Å². The van der Waals surface area contributed by atoms with Crippen molar-refractivity contribution >= 4 is 34.8 Å². The first-order valence-corrected chi connectivity index (χ1v) is 6.90. The van der Waals surface area contributed by atoms with E-state index in [1.807, 2.05) is 24.3 Å². The highest BCUT2D eigenvalue weighted by Crippen LogP contribution is 2.30. The molecule has 94 valence electrons. The summed E-state index contributed by atoms with van der Waals surface area (Å²) in [5.74, 6) is 0. The van der Waals surface area contributed by atoms with Gasteiger partial charge in [-0.05, 0) is 48.2 Å². The molecule has 0 saturated carbocycles. The minimum Gasteiger partial charge on any atom is -0.117 e. The van der Waals surface area contributed by atoms with Gasteiger partial charge in [0.05, 0.1) is 5.38 Å². The zero-order chi connectivity index (χ0) is 13.1. The van der Waals surface area contributed by atoms with Crippen LogP contribution in [0.4, 0.5) is 0 Å². The Morgan fingerprint density at radius 1 is 1.00 bits per heavy atom. The summed E-state index contributed by atoms with van der Waals surface area (Å²) >= 11 is 18.4. The molecule has 18 heavy (non-hydrogen) atoms. The largest absolute Gasteiger partial charge is 0.117 e. The van der Waals surface area contributed by atoms with E-state index in [-0.39, 0.29) is 5.38 Å². The number of benzene rings is 2. The molecule has 0 aliphatic heterocycles. The number of alkyl halides is 1. The van der Waals surface area contributed by atoms with Crippen LogP contribution < -0.4 is 0 Å². The normalized spacial score (nSPS) is 12.4. The van der Waals surface area contributed by atoms with Crippen LogP contribution in [0.15, 0.2) is 42.5 Å². The molecule has 2 aromatic carbocycles. The van der Waals surface area contributed by atoms with Gasteiger partial charge in [-0.15, -0.1) is 11.6 Å². The lowest BCUT2D eigenvalue weighted by molar-refractivity contribution is 0.911. The molecule has 0 heterocycles. The molecule has 0 spiro atoms. The molecule has 2 rings (SSSR count). The van der Waals surface area contributed by atoms with Crippen molar-refractivity contribution in [2.45, 2.75) is 18.7 Å². The third-order valence-electron chi connectivity index (χ3n) is 2.91. The average molecular weight is 300 g/mol. The van der Waals surface area contributed by atoms with Gasteiger partial charge >= 0.3 is 0 Å². The first-order chi connectivity index (χ1) is 8.56. The second kappa shape index (κ2) is 5.97. The molecule has 0 N–H and O–H groups in total. The summed E-state index contributed by atoms with van der Waals surface area (Å²) in [6, 6.07) is 13.7. The number of hydrogen-bond acceptors (Lipinski definition) is 0. The van der Waals surface area contributed by atoms with Gasteiger partial charge in [-0.2, -0.15) is 0 Å². The van der Waals surface area contributed by atoms with Gasteiger partial charge in [0.25, 0.3) is 0 Å². The SMILES string of the molecule is Cc1ccccc1CC(Cl)c1cc(Cl)cc(Cl)c1. The van der Waals surface area contributed by atoms with Crippen LogP contribution >= 0.6 is 34.8 Å². The van der Waals surface area contributed by atoms with Gasteiger partial charge in [0, 0.05) is 10.0 Å². The zero-order valence-electron chi connectivity index (χ0n) is 9.96. The fraction of sp³-hybridized carbons (Fsp3) is 0.200. The lowest BCUT2D eigenvalue weighted by Gasteiger charge is -2.12. The van der Waals surface area contributed by atoms with E-state index in [1.54, 1.807) is 6.07 Å². The summed E-state index contributed by atoms with van der Waals surface area (Å²) in [6.45, 7) is 2.09. The molecule has 0 aliphatic carbocycles. The third kappa shape index (κ3) is 3.41. The van der Waals surface area contributed by atoms with Gasteiger partial charge in [-0.3, -0.25) is 0 Å². The van der Waals surface area contributed by atoms with Crippen molar-refractivity contribution in [3.05, 3.63) is 69.2 Å². The molecular weight excluding hydrogens is 287 g/mol. The first-order valence-electron chi connectivity index (χ1n) is 5.71. The summed E-state index contributed by atoms with van der Waals surface area (Å²) in [5.41, 5.74) is 3.45. The topological polar surface area (TPSA) is 0 Å². The molecule has 0 fully saturated rings. The maximum Gasteiger partial charge on any atom is 0.0626 e. The monoisotopic (exact) mass is 298 g/mol. The smallest absolute Gasteiger partial charge is 0.0626 e. The molecule has 0 amide bonds. The minimum atomic E-state index is -0.123. The van der Waals surface area contributed by atoms with Crippen molar-refractivity contribution in [3.63, 3.8) is 0 Å². The van der Waals surface area contributed by atoms with E-state index in [2.05, 4.69) is 19.1 Å². The molecule has 0 nitrogen and oxygen atoms in total. The number of aryl methyl sites for hydroxylation is 1. The Hall–Kier alpha value is -0.690. The van der Waals surface area contributed by atoms with E-state index >= 15 is 0 Å². The van der Waals surface area contributed by atoms with Gasteiger partial charge < -0.3 is 0 Å². The number of halogens is 3. The maximum atomic E-state index is 6.44. The summed E-state index contributed by atoms with van der Waals surface area (Å²) in [7, 11) is 0. The summed E-state index contributed by atoms with van der Waals surface area (Å²) in [5, 5.41) is 1.11. The predicted molar refractivity (Wildman–Crippen MR) is 79.9 cm³/mol. The van der Waals surface area contributed by atoms with E-state index in [4.69, 9.17) is 34.8 Å². The average Bonchev–Trinajstić information content (AvgIpc) is 2.31. The van der Waals surface area contributed by atoms with Crippen molar-refractivity contribution in [1.82, 2.24) is 0 Å². The molecule has 0 saturated heterocycles. The molecule has 0 aromatic heterocycles. The molecular formula is C15H13Cl3. The van der Waals surface area contributed by atoms with Gasteiger partial charge in [0.15, 0.2) is 0 Å². The van der Waals surface area contributed by atoms with Crippen molar-refractivity contribution < 1.29 is 0 Å². The Morgan fingerprint density at radius 3 is 2.22 bits per heavy atom. The Kier molecular flexibility index (Phi) is 4.55. The molecule has 0 aliphatic rings. The van der Waals surface area contributed by atoms with Gasteiger partial charge in [-0.1, -0.05) is 47.5 Å². The highest BCUT2D eigenvalue weighted by atomic mass is 35.5. The van der Waals surface area contributed by atoms with Crippen LogP contribution in [-0.4, -0.2) is 0 Å². The van der Waals surface area contributed by atoms with Crippen LogP contribution in [0.2, 0.25) is 10.0 Å². The summed E-state index contributed by atoms with van der Waals surface area (Å²) < 4.78 is 0. The zero-order valence-corrected chi connectivity index (χ0v) is 12.2. The van der Waals surface area contributed by atoms with E-state index in [0.29, 0.717) is 10.0 Å².